The third kappa shape index (κ3) is 4.12. The Morgan fingerprint density at radius 2 is 1.83 bits per heavy atom. The molecule has 0 bridgehead atoms. The van der Waals surface area contributed by atoms with Gasteiger partial charge in [-0.2, -0.15) is 0 Å². The molecule has 0 aliphatic carbocycles. The Kier molecular flexibility index (Phi) is 5.30. The molecule has 0 spiro atoms. The normalized spacial score (nSPS) is 12.3. The van der Waals surface area contributed by atoms with Crippen molar-refractivity contribution in [2.45, 2.75) is 0 Å². The van der Waals surface area contributed by atoms with E-state index in [1.54, 1.807) is 24.3 Å². The lowest BCUT2D eigenvalue weighted by atomic mass is 10.1. The molecule has 0 aromatic heterocycles. The Balaban J connectivity index is 3.13. The van der Waals surface area contributed by atoms with Gasteiger partial charge in [0.1, 0.15) is 4.48 Å². The van der Waals surface area contributed by atoms with Crippen molar-refractivity contribution >= 4 is 54.4 Å². The molecule has 0 saturated heterocycles. The molecule has 0 aliphatic rings. The van der Waals surface area contributed by atoms with Crippen LogP contribution >= 0.6 is 31.9 Å². The number of carboxylic acid groups (broad SMARTS) is 2. The van der Waals surface area contributed by atoms with E-state index in [0.717, 1.165) is 6.08 Å². The minimum absolute atomic E-state index is 0.00173. The van der Waals surface area contributed by atoms with Gasteiger partial charge in [0.2, 0.25) is 0 Å². The van der Waals surface area contributed by atoms with Crippen molar-refractivity contribution in [1.29, 1.82) is 0 Å². The summed E-state index contributed by atoms with van der Waals surface area (Å²) in [5.41, 5.74) is 1.30. The van der Waals surface area contributed by atoms with E-state index in [4.69, 9.17) is 10.2 Å². The van der Waals surface area contributed by atoms with Crippen molar-refractivity contribution in [1.82, 2.24) is 0 Å². The molecule has 1 aromatic carbocycles. The van der Waals surface area contributed by atoms with Gasteiger partial charge < -0.3 is 10.2 Å². The Labute approximate surface area is 120 Å². The summed E-state index contributed by atoms with van der Waals surface area (Å²) in [5, 5.41) is 17.4. The van der Waals surface area contributed by atoms with Crippen LogP contribution < -0.4 is 0 Å². The van der Waals surface area contributed by atoms with Crippen LogP contribution in [0.2, 0.25) is 0 Å². The largest absolute Gasteiger partial charge is 0.478 e. The van der Waals surface area contributed by atoms with Crippen LogP contribution in [0.15, 0.2) is 34.8 Å². The summed E-state index contributed by atoms with van der Waals surface area (Å²) in [6.07, 6.45) is 2.45. The fourth-order valence-corrected chi connectivity index (χ4v) is 1.81. The first-order chi connectivity index (χ1) is 8.41. The number of benzene rings is 1. The lowest BCUT2D eigenvalue weighted by Crippen LogP contribution is -1.95. The number of rotatable bonds is 4. The molecule has 1 aromatic rings. The molecule has 4 nitrogen and oxygen atoms in total. The van der Waals surface area contributed by atoms with E-state index in [1.165, 1.54) is 6.08 Å². The van der Waals surface area contributed by atoms with Crippen molar-refractivity contribution in [3.8, 4) is 0 Å². The van der Waals surface area contributed by atoms with Crippen LogP contribution in [0.5, 0.6) is 0 Å². The van der Waals surface area contributed by atoms with Crippen molar-refractivity contribution in [3.63, 3.8) is 0 Å². The number of carboxylic acids is 2. The van der Waals surface area contributed by atoms with Crippen LogP contribution in [0.1, 0.15) is 11.1 Å². The Morgan fingerprint density at radius 1 is 1.17 bits per heavy atom. The molecule has 0 aliphatic heterocycles. The highest BCUT2D eigenvalue weighted by Gasteiger charge is 2.10. The van der Waals surface area contributed by atoms with E-state index in [9.17, 15) is 9.59 Å². The zero-order chi connectivity index (χ0) is 13.7. The van der Waals surface area contributed by atoms with Gasteiger partial charge in [-0.15, -0.1) is 0 Å². The highest BCUT2D eigenvalue weighted by molar-refractivity contribution is 9.16. The van der Waals surface area contributed by atoms with Gasteiger partial charge >= 0.3 is 11.9 Å². The van der Waals surface area contributed by atoms with Gasteiger partial charge in [0.05, 0.1) is 0 Å². The summed E-state index contributed by atoms with van der Waals surface area (Å²) in [4.78, 5) is 21.2. The van der Waals surface area contributed by atoms with E-state index < -0.39 is 11.9 Å². The van der Waals surface area contributed by atoms with Crippen LogP contribution in [-0.2, 0) is 9.59 Å². The first kappa shape index (κ1) is 14.7. The zero-order valence-electron chi connectivity index (χ0n) is 8.93. The van der Waals surface area contributed by atoms with Gasteiger partial charge in [0.15, 0.2) is 0 Å². The van der Waals surface area contributed by atoms with Crippen LogP contribution in [0.3, 0.4) is 0 Å². The maximum atomic E-state index is 10.8. The molecular weight excluding hydrogens is 368 g/mol. The standard InChI is InChI=1S/C12H8Br2O4/c13-10(11(14)12(17)18)8-3-1-2-7(6-8)4-5-9(15)16/h1-6H,(H,15,16)(H,17,18). The summed E-state index contributed by atoms with van der Waals surface area (Å²) in [5.74, 6) is -2.13. The summed E-state index contributed by atoms with van der Waals surface area (Å²) in [6.45, 7) is 0. The summed E-state index contributed by atoms with van der Waals surface area (Å²) < 4.78 is 0.391. The first-order valence-corrected chi connectivity index (χ1v) is 6.30. The number of hydrogen-bond acceptors (Lipinski definition) is 2. The molecule has 0 unspecified atom stereocenters. The van der Waals surface area contributed by atoms with Crippen molar-refractivity contribution in [2.75, 3.05) is 0 Å². The second-order valence-corrected chi connectivity index (χ2v) is 4.82. The lowest BCUT2D eigenvalue weighted by molar-refractivity contribution is -0.132. The Morgan fingerprint density at radius 3 is 2.39 bits per heavy atom. The quantitative estimate of drug-likeness (QED) is 0.791. The minimum atomic E-state index is -1.09. The maximum Gasteiger partial charge on any atom is 0.343 e. The summed E-state index contributed by atoms with van der Waals surface area (Å²) in [6, 6.07) is 6.82. The van der Waals surface area contributed by atoms with Crippen LogP contribution in [0, 0.1) is 0 Å². The van der Waals surface area contributed by atoms with Gasteiger partial charge in [-0.1, -0.05) is 18.2 Å². The lowest BCUT2D eigenvalue weighted by Gasteiger charge is -2.03. The average Bonchev–Trinajstić information content (AvgIpc) is 2.34. The number of hydrogen-bond donors (Lipinski definition) is 2. The topological polar surface area (TPSA) is 74.6 Å². The van der Waals surface area contributed by atoms with Crippen molar-refractivity contribution < 1.29 is 19.8 Å². The smallest absolute Gasteiger partial charge is 0.343 e. The summed E-state index contributed by atoms with van der Waals surface area (Å²) in [7, 11) is 0. The first-order valence-electron chi connectivity index (χ1n) is 4.72. The second kappa shape index (κ2) is 6.51. The fraction of sp³-hybridized carbons (Fsp3) is 0. The molecule has 94 valence electrons. The molecule has 0 heterocycles. The highest BCUT2D eigenvalue weighted by Crippen LogP contribution is 2.29. The third-order valence-electron chi connectivity index (χ3n) is 1.94. The van der Waals surface area contributed by atoms with E-state index in [0.29, 0.717) is 15.6 Å². The second-order valence-electron chi connectivity index (χ2n) is 3.23. The number of carbonyl (C=O) groups is 2. The Hall–Kier alpha value is -1.40. The molecule has 1 rings (SSSR count). The average molecular weight is 376 g/mol. The van der Waals surface area contributed by atoms with Gasteiger partial charge in [-0.05, 0) is 55.1 Å². The minimum Gasteiger partial charge on any atom is -0.478 e. The molecule has 0 radical (unpaired) electrons. The molecule has 0 fully saturated rings. The van der Waals surface area contributed by atoms with Gasteiger partial charge in [-0.25, -0.2) is 9.59 Å². The zero-order valence-corrected chi connectivity index (χ0v) is 12.1. The van der Waals surface area contributed by atoms with Crippen LogP contribution in [0.4, 0.5) is 0 Å². The number of halogens is 2. The van der Waals surface area contributed by atoms with Gasteiger partial charge in [0, 0.05) is 10.6 Å². The predicted octanol–water partition coefficient (Wildman–Crippen LogP) is 3.33. The maximum absolute atomic E-state index is 10.8. The molecule has 18 heavy (non-hydrogen) atoms. The molecule has 0 amide bonds. The third-order valence-corrected chi connectivity index (χ3v) is 4.06. The fourth-order valence-electron chi connectivity index (χ4n) is 1.17. The Bertz CT molecular complexity index is 547. The molecular formula is C12H8Br2O4. The van der Waals surface area contributed by atoms with E-state index in [1.807, 2.05) is 0 Å². The van der Waals surface area contributed by atoms with Gasteiger partial charge in [-0.3, -0.25) is 0 Å². The van der Waals surface area contributed by atoms with Crippen LogP contribution in [-0.4, -0.2) is 22.2 Å². The molecule has 6 heteroatoms. The molecule has 0 saturated carbocycles. The SMILES string of the molecule is O=C(O)C=Cc1cccc(C(Br)=C(Br)C(=O)O)c1. The van der Waals surface area contributed by atoms with Crippen molar-refractivity contribution in [2.24, 2.45) is 0 Å². The molecule has 0 atom stereocenters. The molecule has 2 N–H and O–H groups in total. The van der Waals surface area contributed by atoms with Crippen LogP contribution in [0.25, 0.3) is 10.6 Å². The number of aliphatic carboxylic acids is 2. The van der Waals surface area contributed by atoms with E-state index >= 15 is 0 Å². The van der Waals surface area contributed by atoms with Crippen molar-refractivity contribution in [3.05, 3.63) is 46.0 Å². The predicted molar refractivity (Wildman–Crippen MR) is 75.5 cm³/mol. The van der Waals surface area contributed by atoms with Gasteiger partial charge in [0.25, 0.3) is 0 Å². The highest BCUT2D eigenvalue weighted by atomic mass is 79.9. The van der Waals surface area contributed by atoms with E-state index in [-0.39, 0.29) is 4.48 Å². The summed E-state index contributed by atoms with van der Waals surface area (Å²) >= 11 is 6.13. The monoisotopic (exact) mass is 374 g/mol. The van der Waals surface area contributed by atoms with E-state index in [2.05, 4.69) is 31.9 Å².